The molecular weight excluding hydrogens is 406 g/mol. The molecule has 1 saturated heterocycles. The average Bonchev–Trinajstić information content (AvgIpc) is 2.75. The van der Waals surface area contributed by atoms with E-state index in [2.05, 4.69) is 10.2 Å². The van der Waals surface area contributed by atoms with Gasteiger partial charge in [0.15, 0.2) is 11.6 Å². The Labute approximate surface area is 180 Å². The normalized spacial score (nSPS) is 16.2. The van der Waals surface area contributed by atoms with Crippen LogP contribution >= 0.6 is 0 Å². The van der Waals surface area contributed by atoms with Gasteiger partial charge in [0.2, 0.25) is 0 Å². The van der Waals surface area contributed by atoms with Crippen LogP contribution in [0.25, 0.3) is 0 Å². The monoisotopic (exact) mass is 434 g/mol. The molecule has 0 radical (unpaired) electrons. The molecule has 1 aliphatic rings. The molecule has 1 atom stereocenters. The van der Waals surface area contributed by atoms with E-state index in [4.69, 9.17) is 9.84 Å². The maximum absolute atomic E-state index is 13.4. The first kappa shape index (κ1) is 23.1. The van der Waals surface area contributed by atoms with Gasteiger partial charge in [0.25, 0.3) is 0 Å². The van der Waals surface area contributed by atoms with Crippen molar-refractivity contribution in [1.29, 1.82) is 0 Å². The summed E-state index contributed by atoms with van der Waals surface area (Å²) in [6, 6.07) is 11.2. The van der Waals surface area contributed by atoms with Crippen molar-refractivity contribution in [2.75, 3.05) is 26.2 Å². The fourth-order valence-electron chi connectivity index (χ4n) is 3.69. The minimum Gasteiger partial charge on any atom is -0.491 e. The minimum absolute atomic E-state index is 0.0681. The zero-order valence-electron chi connectivity index (χ0n) is 17.3. The Balaban J connectivity index is 1.37. The highest BCUT2D eigenvalue weighted by Gasteiger charge is 2.20. The summed E-state index contributed by atoms with van der Waals surface area (Å²) in [7, 11) is 0. The van der Waals surface area contributed by atoms with E-state index in [1.807, 2.05) is 0 Å². The molecule has 1 heterocycles. The van der Waals surface area contributed by atoms with E-state index >= 15 is 0 Å². The Morgan fingerprint density at radius 1 is 1.16 bits per heavy atom. The van der Waals surface area contributed by atoms with Crippen molar-refractivity contribution < 1.29 is 28.5 Å². The molecule has 0 aromatic heterocycles. The van der Waals surface area contributed by atoms with Crippen molar-refractivity contribution in [2.24, 2.45) is 0 Å². The summed E-state index contributed by atoms with van der Waals surface area (Å²) in [6.45, 7) is 2.67. The van der Waals surface area contributed by atoms with Gasteiger partial charge in [-0.25, -0.2) is 8.78 Å². The maximum atomic E-state index is 13.4. The number of benzene rings is 2. The number of rotatable bonds is 10. The van der Waals surface area contributed by atoms with E-state index < -0.39 is 23.7 Å². The minimum atomic E-state index is -0.936. The van der Waals surface area contributed by atoms with Gasteiger partial charge in [0, 0.05) is 24.7 Å². The summed E-state index contributed by atoms with van der Waals surface area (Å²) in [4.78, 5) is 13.1. The molecule has 0 saturated carbocycles. The molecule has 2 aromatic carbocycles. The Morgan fingerprint density at radius 3 is 2.61 bits per heavy atom. The van der Waals surface area contributed by atoms with Crippen molar-refractivity contribution in [2.45, 2.75) is 38.0 Å². The third-order valence-electron chi connectivity index (χ3n) is 5.37. The molecule has 2 aromatic rings. The number of halogens is 2. The lowest BCUT2D eigenvalue weighted by molar-refractivity contribution is -0.136. The lowest BCUT2D eigenvalue weighted by atomic mass is 10.0. The molecule has 3 N–H and O–H groups in total. The van der Waals surface area contributed by atoms with Crippen molar-refractivity contribution in [3.63, 3.8) is 0 Å². The van der Waals surface area contributed by atoms with Crippen molar-refractivity contribution in [1.82, 2.24) is 10.2 Å². The first-order chi connectivity index (χ1) is 14.9. The topological polar surface area (TPSA) is 82.0 Å². The van der Waals surface area contributed by atoms with Crippen LogP contribution in [-0.4, -0.2) is 59.5 Å². The van der Waals surface area contributed by atoms with E-state index in [0.717, 1.165) is 37.6 Å². The van der Waals surface area contributed by atoms with Crippen LogP contribution in [0.3, 0.4) is 0 Å². The molecule has 31 heavy (non-hydrogen) atoms. The predicted octanol–water partition coefficient (Wildman–Crippen LogP) is 2.59. The number of nitrogens with zero attached hydrogens (tertiary/aromatic N) is 1. The summed E-state index contributed by atoms with van der Waals surface area (Å²) >= 11 is 0. The third-order valence-corrected chi connectivity index (χ3v) is 5.37. The second-order valence-electron chi connectivity index (χ2n) is 7.85. The van der Waals surface area contributed by atoms with Crippen LogP contribution in [0.15, 0.2) is 42.5 Å². The fraction of sp³-hybridized carbons (Fsp3) is 0.435. The highest BCUT2D eigenvalue weighted by atomic mass is 19.2. The molecule has 0 spiro atoms. The van der Waals surface area contributed by atoms with E-state index in [9.17, 15) is 18.7 Å². The summed E-state index contributed by atoms with van der Waals surface area (Å²) in [5.74, 6) is -2.13. The van der Waals surface area contributed by atoms with E-state index in [-0.39, 0.29) is 19.1 Å². The van der Waals surface area contributed by atoms with Crippen LogP contribution in [0.5, 0.6) is 5.75 Å². The van der Waals surface area contributed by atoms with Gasteiger partial charge in [0.05, 0.1) is 6.42 Å². The number of aliphatic hydroxyl groups is 1. The summed E-state index contributed by atoms with van der Waals surface area (Å²) < 4.78 is 32.0. The Kier molecular flexibility index (Phi) is 8.34. The molecular formula is C23H28F2N2O4. The van der Waals surface area contributed by atoms with Crippen molar-refractivity contribution in [3.05, 3.63) is 65.2 Å². The first-order valence-corrected chi connectivity index (χ1v) is 10.4. The van der Waals surface area contributed by atoms with Gasteiger partial charge in [-0.3, -0.25) is 9.69 Å². The number of carboxylic acids is 1. The van der Waals surface area contributed by atoms with E-state index in [0.29, 0.717) is 24.4 Å². The number of aliphatic carboxylic acids is 1. The SMILES string of the molecule is O=C(O)Cc1ccccc1OC[C@@H](O)CNC1CCN(Cc2ccc(F)c(F)c2)CC1. The Morgan fingerprint density at radius 2 is 1.90 bits per heavy atom. The van der Waals surface area contributed by atoms with Crippen molar-refractivity contribution in [3.8, 4) is 5.75 Å². The second-order valence-corrected chi connectivity index (χ2v) is 7.85. The van der Waals surface area contributed by atoms with E-state index in [1.54, 1.807) is 30.3 Å². The maximum Gasteiger partial charge on any atom is 0.307 e. The molecule has 3 rings (SSSR count). The van der Waals surface area contributed by atoms with Gasteiger partial charge in [-0.15, -0.1) is 0 Å². The lowest BCUT2D eigenvalue weighted by Gasteiger charge is -2.33. The molecule has 0 amide bonds. The van der Waals surface area contributed by atoms with Gasteiger partial charge in [-0.1, -0.05) is 24.3 Å². The molecule has 0 aliphatic carbocycles. The fourth-order valence-corrected chi connectivity index (χ4v) is 3.69. The number of ether oxygens (including phenoxy) is 1. The zero-order chi connectivity index (χ0) is 22.2. The largest absolute Gasteiger partial charge is 0.491 e. The molecule has 1 fully saturated rings. The molecule has 0 unspecified atom stereocenters. The first-order valence-electron chi connectivity index (χ1n) is 10.4. The number of carboxylic acid groups (broad SMARTS) is 1. The van der Waals surface area contributed by atoms with Crippen LogP contribution in [0.4, 0.5) is 8.78 Å². The van der Waals surface area contributed by atoms with Gasteiger partial charge in [-0.05, 0) is 49.7 Å². The molecule has 0 bridgehead atoms. The van der Waals surface area contributed by atoms with Crippen LogP contribution in [0.1, 0.15) is 24.0 Å². The third kappa shape index (κ3) is 7.27. The highest BCUT2D eigenvalue weighted by Crippen LogP contribution is 2.19. The second kappa shape index (κ2) is 11.2. The highest BCUT2D eigenvalue weighted by molar-refractivity contribution is 5.71. The van der Waals surface area contributed by atoms with E-state index in [1.165, 1.54) is 6.07 Å². The van der Waals surface area contributed by atoms with Crippen LogP contribution < -0.4 is 10.1 Å². The number of para-hydroxylation sites is 1. The smallest absolute Gasteiger partial charge is 0.307 e. The van der Waals surface area contributed by atoms with Gasteiger partial charge in [0.1, 0.15) is 18.5 Å². The lowest BCUT2D eigenvalue weighted by Crippen LogP contribution is -2.45. The molecule has 1 aliphatic heterocycles. The Bertz CT molecular complexity index is 872. The standard InChI is InChI=1S/C23H28F2N2O4/c24-20-6-5-16(11-21(20)25)14-27-9-7-18(8-10-27)26-13-19(28)15-31-22-4-2-1-3-17(22)12-23(29)30/h1-6,11,18-19,26,28H,7-10,12-15H2,(H,29,30)/t19-/m0/s1. The molecule has 8 heteroatoms. The van der Waals surface area contributed by atoms with Crippen LogP contribution in [0, 0.1) is 11.6 Å². The summed E-state index contributed by atoms with van der Waals surface area (Å²) in [5, 5.41) is 22.5. The number of piperidine rings is 1. The Hall–Kier alpha value is -2.55. The quantitative estimate of drug-likeness (QED) is 0.533. The number of likely N-dealkylation sites (tertiary alicyclic amines) is 1. The number of nitrogens with one attached hydrogen (secondary N) is 1. The average molecular weight is 434 g/mol. The summed E-state index contributed by atoms with van der Waals surface area (Å²) in [6.07, 6.45) is 0.920. The number of carbonyl (C=O) groups is 1. The van der Waals surface area contributed by atoms with Gasteiger partial charge >= 0.3 is 5.97 Å². The summed E-state index contributed by atoms with van der Waals surface area (Å²) in [5.41, 5.74) is 1.32. The van der Waals surface area contributed by atoms with Crippen LogP contribution in [0.2, 0.25) is 0 Å². The molecule has 6 nitrogen and oxygen atoms in total. The molecule has 168 valence electrons. The predicted molar refractivity (Wildman–Crippen MR) is 112 cm³/mol. The van der Waals surface area contributed by atoms with Crippen LogP contribution in [-0.2, 0) is 17.8 Å². The van der Waals surface area contributed by atoms with Gasteiger partial charge in [-0.2, -0.15) is 0 Å². The zero-order valence-corrected chi connectivity index (χ0v) is 17.3. The number of hydrogen-bond acceptors (Lipinski definition) is 5. The number of hydrogen-bond donors (Lipinski definition) is 3. The van der Waals surface area contributed by atoms with Gasteiger partial charge < -0.3 is 20.3 Å². The van der Waals surface area contributed by atoms with Crippen molar-refractivity contribution >= 4 is 5.97 Å². The number of aliphatic hydroxyl groups excluding tert-OH is 1.